The zero-order chi connectivity index (χ0) is 15.6. The van der Waals surface area contributed by atoms with Crippen molar-refractivity contribution in [1.29, 1.82) is 0 Å². The molecule has 7 heteroatoms. The standard InChI is InChI=1S/C14H14F2N2O2S/c1-2-18(12-6-3-10(15)4-7-12)21(19,20)14-9-11(16)5-8-13(14)17/h3-9H,2,17H2,1H3. The SMILES string of the molecule is CCN(c1ccc(F)cc1)S(=O)(=O)c1cc(F)ccc1N. The van der Waals surface area contributed by atoms with Crippen LogP contribution in [0, 0.1) is 11.6 Å². The molecule has 21 heavy (non-hydrogen) atoms. The van der Waals surface area contributed by atoms with Gasteiger partial charge in [0.2, 0.25) is 0 Å². The van der Waals surface area contributed by atoms with E-state index in [2.05, 4.69) is 0 Å². The van der Waals surface area contributed by atoms with E-state index in [0.717, 1.165) is 28.6 Å². The van der Waals surface area contributed by atoms with Gasteiger partial charge >= 0.3 is 0 Å². The van der Waals surface area contributed by atoms with E-state index in [0.29, 0.717) is 0 Å². The van der Waals surface area contributed by atoms with Crippen molar-refractivity contribution in [2.75, 3.05) is 16.6 Å². The first kappa shape index (κ1) is 15.2. The molecule has 0 aliphatic heterocycles. The second kappa shape index (κ2) is 5.69. The molecule has 112 valence electrons. The lowest BCUT2D eigenvalue weighted by Crippen LogP contribution is -2.31. The van der Waals surface area contributed by atoms with Gasteiger partial charge in [-0.25, -0.2) is 17.2 Å². The number of nitrogens with zero attached hydrogens (tertiary/aromatic N) is 1. The summed E-state index contributed by atoms with van der Waals surface area (Å²) in [6, 6.07) is 8.14. The molecule has 2 aromatic carbocycles. The molecule has 0 aromatic heterocycles. The van der Waals surface area contributed by atoms with E-state index in [9.17, 15) is 17.2 Å². The zero-order valence-corrected chi connectivity index (χ0v) is 12.1. The van der Waals surface area contributed by atoms with Crippen molar-refractivity contribution in [2.45, 2.75) is 11.8 Å². The molecule has 0 aliphatic rings. The highest BCUT2D eigenvalue weighted by Gasteiger charge is 2.26. The summed E-state index contributed by atoms with van der Waals surface area (Å²) in [7, 11) is -4.02. The van der Waals surface area contributed by atoms with Gasteiger partial charge in [-0.05, 0) is 49.4 Å². The van der Waals surface area contributed by atoms with Crippen LogP contribution in [0.25, 0.3) is 0 Å². The molecule has 0 fully saturated rings. The predicted octanol–water partition coefficient (Wildman–Crippen LogP) is 2.76. The quantitative estimate of drug-likeness (QED) is 0.883. The van der Waals surface area contributed by atoms with Crippen molar-refractivity contribution in [3.63, 3.8) is 0 Å². The fourth-order valence-corrected chi connectivity index (χ4v) is 3.55. The number of rotatable bonds is 4. The second-order valence-electron chi connectivity index (χ2n) is 4.33. The number of sulfonamides is 1. The van der Waals surface area contributed by atoms with Crippen molar-refractivity contribution in [3.05, 3.63) is 54.1 Å². The predicted molar refractivity (Wildman–Crippen MR) is 77.4 cm³/mol. The fourth-order valence-electron chi connectivity index (χ4n) is 1.95. The van der Waals surface area contributed by atoms with E-state index < -0.39 is 21.7 Å². The third-order valence-electron chi connectivity index (χ3n) is 2.95. The van der Waals surface area contributed by atoms with Gasteiger partial charge in [-0.3, -0.25) is 4.31 Å². The van der Waals surface area contributed by atoms with Crippen LogP contribution in [-0.2, 0) is 10.0 Å². The Morgan fingerprint density at radius 3 is 2.19 bits per heavy atom. The average molecular weight is 312 g/mol. The van der Waals surface area contributed by atoms with Crippen molar-refractivity contribution in [3.8, 4) is 0 Å². The number of nitrogen functional groups attached to an aromatic ring is 1. The minimum absolute atomic E-state index is 0.0445. The van der Waals surface area contributed by atoms with Gasteiger partial charge in [0, 0.05) is 6.54 Å². The van der Waals surface area contributed by atoms with Crippen LogP contribution in [-0.4, -0.2) is 15.0 Å². The van der Waals surface area contributed by atoms with Crippen molar-refractivity contribution in [1.82, 2.24) is 0 Å². The van der Waals surface area contributed by atoms with Gasteiger partial charge in [-0.1, -0.05) is 0 Å². The molecule has 0 saturated heterocycles. The molecule has 2 N–H and O–H groups in total. The molecular weight excluding hydrogens is 298 g/mol. The molecule has 0 heterocycles. The van der Waals surface area contributed by atoms with Gasteiger partial charge in [-0.15, -0.1) is 0 Å². The lowest BCUT2D eigenvalue weighted by atomic mass is 10.3. The Hall–Kier alpha value is -2.15. The number of nitrogens with two attached hydrogens (primary N) is 1. The topological polar surface area (TPSA) is 63.4 Å². The first-order chi connectivity index (χ1) is 9.86. The highest BCUT2D eigenvalue weighted by molar-refractivity contribution is 7.93. The van der Waals surface area contributed by atoms with E-state index in [-0.39, 0.29) is 22.8 Å². The highest BCUT2D eigenvalue weighted by atomic mass is 32.2. The Kier molecular flexibility index (Phi) is 4.13. The molecule has 4 nitrogen and oxygen atoms in total. The largest absolute Gasteiger partial charge is 0.398 e. The Labute approximate surface area is 121 Å². The Morgan fingerprint density at radius 2 is 1.62 bits per heavy atom. The molecule has 2 rings (SSSR count). The molecule has 0 bridgehead atoms. The lowest BCUT2D eigenvalue weighted by molar-refractivity contribution is 0.587. The highest BCUT2D eigenvalue weighted by Crippen LogP contribution is 2.27. The lowest BCUT2D eigenvalue weighted by Gasteiger charge is -2.23. The summed E-state index contributed by atoms with van der Waals surface area (Å²) < 4.78 is 52.5. The molecular formula is C14H14F2N2O2S. The number of hydrogen-bond acceptors (Lipinski definition) is 3. The van der Waals surface area contributed by atoms with Crippen LogP contribution in [0.1, 0.15) is 6.92 Å². The van der Waals surface area contributed by atoms with Crippen LogP contribution in [0.5, 0.6) is 0 Å². The molecule has 0 radical (unpaired) electrons. The number of halogens is 2. The maximum atomic E-state index is 13.3. The average Bonchev–Trinajstić information content (AvgIpc) is 2.44. The van der Waals surface area contributed by atoms with Crippen LogP contribution in [0.4, 0.5) is 20.2 Å². The Bertz CT molecular complexity index is 746. The molecule has 0 atom stereocenters. The van der Waals surface area contributed by atoms with E-state index in [4.69, 9.17) is 5.73 Å². The Balaban J connectivity index is 2.54. The minimum atomic E-state index is -4.02. The molecule has 0 aliphatic carbocycles. The summed E-state index contributed by atoms with van der Waals surface area (Å²) >= 11 is 0. The first-order valence-corrected chi connectivity index (χ1v) is 7.63. The monoisotopic (exact) mass is 312 g/mol. The van der Waals surface area contributed by atoms with Gasteiger partial charge < -0.3 is 5.73 Å². The van der Waals surface area contributed by atoms with Crippen LogP contribution in [0.15, 0.2) is 47.4 Å². The minimum Gasteiger partial charge on any atom is -0.398 e. The summed E-state index contributed by atoms with van der Waals surface area (Å²) in [5, 5.41) is 0. The van der Waals surface area contributed by atoms with Crippen LogP contribution in [0.2, 0.25) is 0 Å². The van der Waals surface area contributed by atoms with E-state index in [1.165, 1.54) is 18.2 Å². The van der Waals surface area contributed by atoms with E-state index >= 15 is 0 Å². The molecule has 0 saturated carbocycles. The maximum Gasteiger partial charge on any atom is 0.266 e. The zero-order valence-electron chi connectivity index (χ0n) is 11.3. The first-order valence-electron chi connectivity index (χ1n) is 6.19. The summed E-state index contributed by atoms with van der Waals surface area (Å²) in [5.41, 5.74) is 5.87. The van der Waals surface area contributed by atoms with Crippen molar-refractivity contribution < 1.29 is 17.2 Å². The van der Waals surface area contributed by atoms with Gasteiger partial charge in [0.25, 0.3) is 10.0 Å². The van der Waals surface area contributed by atoms with Gasteiger partial charge in [0.15, 0.2) is 0 Å². The van der Waals surface area contributed by atoms with E-state index in [1.807, 2.05) is 0 Å². The normalized spacial score (nSPS) is 11.4. The third-order valence-corrected chi connectivity index (χ3v) is 4.90. The Morgan fingerprint density at radius 1 is 1.05 bits per heavy atom. The number of benzene rings is 2. The third kappa shape index (κ3) is 2.97. The van der Waals surface area contributed by atoms with Crippen molar-refractivity contribution >= 4 is 21.4 Å². The molecule has 0 spiro atoms. The second-order valence-corrected chi connectivity index (χ2v) is 6.16. The van der Waals surface area contributed by atoms with Crippen molar-refractivity contribution in [2.24, 2.45) is 0 Å². The van der Waals surface area contributed by atoms with E-state index in [1.54, 1.807) is 6.92 Å². The van der Waals surface area contributed by atoms with Crippen LogP contribution < -0.4 is 10.0 Å². The van der Waals surface area contributed by atoms with Gasteiger partial charge in [0.05, 0.1) is 11.4 Å². The van der Waals surface area contributed by atoms with Gasteiger partial charge in [-0.2, -0.15) is 0 Å². The maximum absolute atomic E-state index is 13.3. The van der Waals surface area contributed by atoms with Gasteiger partial charge in [0.1, 0.15) is 16.5 Å². The molecule has 2 aromatic rings. The summed E-state index contributed by atoms with van der Waals surface area (Å²) in [6.07, 6.45) is 0. The molecule has 0 amide bonds. The number of hydrogen-bond donors (Lipinski definition) is 1. The number of anilines is 2. The van der Waals surface area contributed by atoms with Crippen LogP contribution >= 0.6 is 0 Å². The molecule has 0 unspecified atom stereocenters. The summed E-state index contributed by atoms with van der Waals surface area (Å²) in [4.78, 5) is -0.311. The smallest absolute Gasteiger partial charge is 0.266 e. The van der Waals surface area contributed by atoms with Crippen LogP contribution in [0.3, 0.4) is 0 Å². The summed E-state index contributed by atoms with van der Waals surface area (Å²) in [5.74, 6) is -1.17. The summed E-state index contributed by atoms with van der Waals surface area (Å²) in [6.45, 7) is 1.72. The fraction of sp³-hybridized carbons (Fsp3) is 0.143.